The topological polar surface area (TPSA) is 38.9 Å². The highest BCUT2D eigenvalue weighted by atomic mass is 19.1. The Balaban J connectivity index is 2.37. The van der Waals surface area contributed by atoms with Crippen molar-refractivity contribution in [3.8, 4) is 0 Å². The highest BCUT2D eigenvalue weighted by Crippen LogP contribution is 2.31. The van der Waals surface area contributed by atoms with Gasteiger partial charge in [-0.15, -0.1) is 0 Å². The summed E-state index contributed by atoms with van der Waals surface area (Å²) in [7, 11) is 0. The summed E-state index contributed by atoms with van der Waals surface area (Å²) in [6.07, 6.45) is 3.16. The molecule has 0 aliphatic heterocycles. The number of hydrogen-bond donors (Lipinski definition) is 1. The van der Waals surface area contributed by atoms with Crippen LogP contribution in [0, 0.1) is 17.5 Å². The van der Waals surface area contributed by atoms with E-state index < -0.39 is 23.5 Å². The lowest BCUT2D eigenvalue weighted by Crippen LogP contribution is -2.21. The minimum Gasteiger partial charge on any atom is -0.323 e. The Morgan fingerprint density at radius 1 is 1.05 bits per heavy atom. The monoisotopic (exact) mass is 266 g/mol. The molecule has 0 bridgehead atoms. The van der Waals surface area contributed by atoms with Gasteiger partial charge in [-0.2, -0.15) is 0 Å². The minimum absolute atomic E-state index is 0.300. The lowest BCUT2D eigenvalue weighted by molar-refractivity contribution is 0.479. The van der Waals surface area contributed by atoms with Gasteiger partial charge in [-0.05, 0) is 17.7 Å². The van der Waals surface area contributed by atoms with Crippen molar-refractivity contribution < 1.29 is 13.2 Å². The van der Waals surface area contributed by atoms with Gasteiger partial charge in [0.15, 0.2) is 0 Å². The van der Waals surface area contributed by atoms with Crippen molar-refractivity contribution in [2.75, 3.05) is 0 Å². The highest BCUT2D eigenvalue weighted by Gasteiger charge is 2.24. The largest absolute Gasteiger partial charge is 0.323 e. The van der Waals surface area contributed by atoms with Crippen LogP contribution in [0.25, 0.3) is 0 Å². The summed E-state index contributed by atoms with van der Waals surface area (Å²) in [5.41, 5.74) is 6.41. The fraction of sp³-hybridized carbons (Fsp3) is 0.214. The highest BCUT2D eigenvalue weighted by molar-refractivity contribution is 5.29. The van der Waals surface area contributed by atoms with E-state index in [1.54, 1.807) is 31.5 Å². The van der Waals surface area contributed by atoms with Gasteiger partial charge < -0.3 is 5.73 Å². The van der Waals surface area contributed by atoms with E-state index >= 15 is 0 Å². The summed E-state index contributed by atoms with van der Waals surface area (Å²) in [6.45, 7) is 1.75. The standard InChI is InChI=1S/C14H13F3N2/c1-8(9-2-4-19-5-3-9)14(18)13-11(16)6-10(15)7-12(13)17/h2-8,14H,18H2,1H3. The number of rotatable bonds is 3. The molecule has 0 aliphatic carbocycles. The average Bonchev–Trinajstić information content (AvgIpc) is 2.37. The van der Waals surface area contributed by atoms with Crippen LogP contribution in [-0.4, -0.2) is 4.98 Å². The summed E-state index contributed by atoms with van der Waals surface area (Å²) in [5.74, 6) is -3.21. The maximum atomic E-state index is 13.7. The second-order valence-electron chi connectivity index (χ2n) is 4.38. The molecule has 100 valence electrons. The van der Waals surface area contributed by atoms with Crippen LogP contribution in [0.1, 0.15) is 30.0 Å². The van der Waals surface area contributed by atoms with Gasteiger partial charge in [-0.1, -0.05) is 6.92 Å². The van der Waals surface area contributed by atoms with Crippen LogP contribution >= 0.6 is 0 Å². The number of aromatic nitrogens is 1. The molecule has 0 saturated carbocycles. The predicted molar refractivity (Wildman–Crippen MR) is 65.9 cm³/mol. The molecule has 0 aliphatic rings. The Morgan fingerprint density at radius 2 is 1.58 bits per heavy atom. The molecule has 1 aromatic heterocycles. The van der Waals surface area contributed by atoms with E-state index in [1.165, 1.54) is 0 Å². The molecule has 1 aromatic carbocycles. The maximum absolute atomic E-state index is 13.7. The van der Waals surface area contributed by atoms with E-state index in [0.717, 1.165) is 5.56 Å². The Bertz CT molecular complexity index is 549. The van der Waals surface area contributed by atoms with Gasteiger partial charge in [-0.25, -0.2) is 13.2 Å². The minimum atomic E-state index is -0.967. The van der Waals surface area contributed by atoms with Crippen molar-refractivity contribution in [1.29, 1.82) is 0 Å². The number of halogens is 3. The number of nitrogens with zero attached hydrogens (tertiary/aromatic N) is 1. The zero-order valence-electron chi connectivity index (χ0n) is 10.3. The molecule has 0 amide bonds. The fourth-order valence-electron chi connectivity index (χ4n) is 2.00. The third-order valence-corrected chi connectivity index (χ3v) is 3.15. The van der Waals surface area contributed by atoms with Gasteiger partial charge in [0.05, 0.1) is 0 Å². The summed E-state index contributed by atoms with van der Waals surface area (Å²) in [5, 5.41) is 0. The second kappa shape index (κ2) is 5.40. The van der Waals surface area contributed by atoms with Gasteiger partial charge in [0, 0.05) is 42.0 Å². The van der Waals surface area contributed by atoms with Crippen LogP contribution in [0.2, 0.25) is 0 Å². The van der Waals surface area contributed by atoms with Crippen molar-refractivity contribution in [3.05, 3.63) is 65.2 Å². The van der Waals surface area contributed by atoms with Crippen LogP contribution in [0.4, 0.5) is 13.2 Å². The molecule has 2 nitrogen and oxygen atoms in total. The molecule has 2 N–H and O–H groups in total. The molecular formula is C14H13F3N2. The third-order valence-electron chi connectivity index (χ3n) is 3.15. The lowest BCUT2D eigenvalue weighted by atomic mass is 9.89. The first-order valence-electron chi connectivity index (χ1n) is 5.80. The van der Waals surface area contributed by atoms with E-state index in [-0.39, 0.29) is 11.5 Å². The van der Waals surface area contributed by atoms with Gasteiger partial charge in [0.25, 0.3) is 0 Å². The SMILES string of the molecule is CC(c1ccncc1)C(N)c1c(F)cc(F)cc1F. The molecule has 5 heteroatoms. The molecule has 2 aromatic rings. The average molecular weight is 266 g/mol. The molecule has 19 heavy (non-hydrogen) atoms. The molecule has 1 heterocycles. The smallest absolute Gasteiger partial charge is 0.133 e. The van der Waals surface area contributed by atoms with Gasteiger partial charge in [0.1, 0.15) is 17.5 Å². The first-order chi connectivity index (χ1) is 9.00. The van der Waals surface area contributed by atoms with Gasteiger partial charge >= 0.3 is 0 Å². The van der Waals surface area contributed by atoms with Crippen LogP contribution in [0.3, 0.4) is 0 Å². The molecule has 0 fully saturated rings. The van der Waals surface area contributed by atoms with Crippen LogP contribution < -0.4 is 5.73 Å². The van der Waals surface area contributed by atoms with Crippen molar-refractivity contribution in [2.45, 2.75) is 18.9 Å². The van der Waals surface area contributed by atoms with Crippen molar-refractivity contribution in [2.24, 2.45) is 5.73 Å². The molecule has 0 spiro atoms. The zero-order chi connectivity index (χ0) is 14.0. The van der Waals surface area contributed by atoms with E-state index in [4.69, 9.17) is 5.73 Å². The number of benzene rings is 1. The maximum Gasteiger partial charge on any atom is 0.133 e. The second-order valence-corrected chi connectivity index (χ2v) is 4.38. The summed E-state index contributed by atoms with van der Waals surface area (Å²) >= 11 is 0. The van der Waals surface area contributed by atoms with E-state index in [2.05, 4.69) is 4.98 Å². The summed E-state index contributed by atoms with van der Waals surface area (Å²) < 4.78 is 40.2. The molecular weight excluding hydrogens is 253 g/mol. The molecule has 2 rings (SSSR count). The van der Waals surface area contributed by atoms with Gasteiger partial charge in [0.2, 0.25) is 0 Å². The fourth-order valence-corrected chi connectivity index (χ4v) is 2.00. The number of pyridine rings is 1. The molecule has 2 atom stereocenters. The van der Waals surface area contributed by atoms with Crippen molar-refractivity contribution in [1.82, 2.24) is 4.98 Å². The van der Waals surface area contributed by atoms with E-state index in [9.17, 15) is 13.2 Å². The number of hydrogen-bond acceptors (Lipinski definition) is 2. The third kappa shape index (κ3) is 2.76. The molecule has 2 unspecified atom stereocenters. The predicted octanol–water partition coefficient (Wildman–Crippen LogP) is 3.30. The molecule has 0 radical (unpaired) electrons. The Hall–Kier alpha value is -1.88. The quantitative estimate of drug-likeness (QED) is 0.925. The zero-order valence-corrected chi connectivity index (χ0v) is 10.3. The van der Waals surface area contributed by atoms with Gasteiger partial charge in [-0.3, -0.25) is 4.98 Å². The first kappa shape index (κ1) is 13.5. The summed E-state index contributed by atoms with van der Waals surface area (Å²) in [4.78, 5) is 3.87. The normalized spacial score (nSPS) is 14.2. The first-order valence-corrected chi connectivity index (χ1v) is 5.80. The molecule has 0 saturated heterocycles. The van der Waals surface area contributed by atoms with Crippen molar-refractivity contribution >= 4 is 0 Å². The Morgan fingerprint density at radius 3 is 2.11 bits per heavy atom. The van der Waals surface area contributed by atoms with E-state index in [0.29, 0.717) is 12.1 Å². The Kier molecular flexibility index (Phi) is 3.85. The number of nitrogens with two attached hydrogens (primary N) is 1. The Labute approximate surface area is 109 Å². The van der Waals surface area contributed by atoms with E-state index in [1.807, 2.05) is 0 Å². The summed E-state index contributed by atoms with van der Waals surface area (Å²) in [6, 6.07) is 3.83. The van der Waals surface area contributed by atoms with Crippen molar-refractivity contribution in [3.63, 3.8) is 0 Å². The van der Waals surface area contributed by atoms with Crippen LogP contribution in [0.5, 0.6) is 0 Å². The van der Waals surface area contributed by atoms with Crippen LogP contribution in [0.15, 0.2) is 36.7 Å². The lowest BCUT2D eigenvalue weighted by Gasteiger charge is -2.21. The van der Waals surface area contributed by atoms with Crippen LogP contribution in [-0.2, 0) is 0 Å².